The van der Waals surface area contributed by atoms with Crippen LogP contribution in [0.2, 0.25) is 0 Å². The maximum atomic E-state index is 13.1. The van der Waals surface area contributed by atoms with Gasteiger partial charge in [-0.15, -0.1) is 0 Å². The van der Waals surface area contributed by atoms with Gasteiger partial charge in [-0.1, -0.05) is 12.1 Å². The SMILES string of the molecule is COc1cc(OC)c2c(=O)c3ccccc3n3c(C(C)O)cc1c23. The number of rotatable bonds is 3. The van der Waals surface area contributed by atoms with Crippen molar-refractivity contribution in [2.24, 2.45) is 0 Å². The molecular weight excluding hydrogens is 306 g/mol. The number of aromatic nitrogens is 1. The molecule has 4 aromatic rings. The Morgan fingerprint density at radius 2 is 1.75 bits per heavy atom. The average Bonchev–Trinajstić information content (AvgIpc) is 3.00. The molecule has 0 spiro atoms. The molecule has 4 rings (SSSR count). The number of benzene rings is 2. The molecule has 0 radical (unpaired) electrons. The van der Waals surface area contributed by atoms with E-state index in [0.29, 0.717) is 33.5 Å². The van der Waals surface area contributed by atoms with Gasteiger partial charge in [-0.25, -0.2) is 0 Å². The predicted molar refractivity (Wildman–Crippen MR) is 93.6 cm³/mol. The molecule has 1 unspecified atom stereocenters. The number of pyridine rings is 1. The van der Waals surface area contributed by atoms with Crippen LogP contribution < -0.4 is 14.9 Å². The Hall–Kier alpha value is -2.79. The van der Waals surface area contributed by atoms with Crippen molar-refractivity contribution >= 4 is 27.2 Å². The molecule has 24 heavy (non-hydrogen) atoms. The second-order valence-corrected chi connectivity index (χ2v) is 5.85. The van der Waals surface area contributed by atoms with Crippen LogP contribution in [0.1, 0.15) is 18.7 Å². The van der Waals surface area contributed by atoms with Crippen molar-refractivity contribution in [1.82, 2.24) is 4.40 Å². The standard InChI is InChI=1S/C19H17NO4/c1-10(21)14-8-12-15(23-2)9-16(24-3)17-18(12)20(14)13-7-5-4-6-11(13)19(17)22/h4-10,21H,1-3H3. The van der Waals surface area contributed by atoms with E-state index < -0.39 is 6.10 Å². The van der Waals surface area contributed by atoms with Gasteiger partial charge in [0, 0.05) is 16.8 Å². The number of methoxy groups -OCH3 is 2. The van der Waals surface area contributed by atoms with E-state index in [1.807, 2.05) is 28.7 Å². The first-order valence-electron chi connectivity index (χ1n) is 7.71. The van der Waals surface area contributed by atoms with Crippen LogP contribution in [0.3, 0.4) is 0 Å². The molecule has 2 aromatic heterocycles. The van der Waals surface area contributed by atoms with Crippen molar-refractivity contribution in [1.29, 1.82) is 0 Å². The maximum absolute atomic E-state index is 13.1. The van der Waals surface area contributed by atoms with Gasteiger partial charge in [0.2, 0.25) is 5.43 Å². The summed E-state index contributed by atoms with van der Waals surface area (Å²) in [6, 6.07) is 11.0. The molecule has 5 heteroatoms. The highest BCUT2D eigenvalue weighted by Gasteiger charge is 2.23. The minimum absolute atomic E-state index is 0.0853. The predicted octanol–water partition coefficient (Wildman–Crippen LogP) is 3.11. The van der Waals surface area contributed by atoms with Crippen LogP contribution in [0.4, 0.5) is 0 Å². The number of nitrogens with zero attached hydrogens (tertiary/aromatic N) is 1. The van der Waals surface area contributed by atoms with Gasteiger partial charge in [-0.3, -0.25) is 4.79 Å². The largest absolute Gasteiger partial charge is 0.496 e. The first-order chi connectivity index (χ1) is 11.6. The molecule has 2 heterocycles. The Morgan fingerprint density at radius 1 is 1.04 bits per heavy atom. The van der Waals surface area contributed by atoms with E-state index in [-0.39, 0.29) is 5.43 Å². The number of hydrogen-bond donors (Lipinski definition) is 1. The molecular formula is C19H17NO4. The van der Waals surface area contributed by atoms with Crippen LogP contribution in [0.25, 0.3) is 27.2 Å². The first-order valence-corrected chi connectivity index (χ1v) is 7.71. The van der Waals surface area contributed by atoms with E-state index in [1.165, 1.54) is 7.11 Å². The van der Waals surface area contributed by atoms with Gasteiger partial charge in [0.15, 0.2) is 0 Å². The molecule has 122 valence electrons. The average molecular weight is 323 g/mol. The number of para-hydroxylation sites is 1. The van der Waals surface area contributed by atoms with Crippen molar-refractivity contribution in [3.05, 3.63) is 52.3 Å². The summed E-state index contributed by atoms with van der Waals surface area (Å²) in [7, 11) is 3.11. The number of aliphatic hydroxyl groups is 1. The molecule has 0 saturated heterocycles. The van der Waals surface area contributed by atoms with Crippen molar-refractivity contribution < 1.29 is 14.6 Å². The molecule has 0 fully saturated rings. The molecule has 0 aliphatic carbocycles. The monoisotopic (exact) mass is 323 g/mol. The van der Waals surface area contributed by atoms with Gasteiger partial charge in [-0.05, 0) is 25.1 Å². The molecule has 2 aromatic carbocycles. The third kappa shape index (κ3) is 1.76. The lowest BCUT2D eigenvalue weighted by Gasteiger charge is -2.13. The van der Waals surface area contributed by atoms with Crippen LogP contribution in [0.5, 0.6) is 11.5 Å². The van der Waals surface area contributed by atoms with E-state index in [2.05, 4.69) is 0 Å². The van der Waals surface area contributed by atoms with Gasteiger partial charge >= 0.3 is 0 Å². The molecule has 5 nitrogen and oxygen atoms in total. The van der Waals surface area contributed by atoms with Crippen molar-refractivity contribution in [3.8, 4) is 11.5 Å². The first kappa shape index (κ1) is 14.8. The van der Waals surface area contributed by atoms with Crippen LogP contribution in [-0.4, -0.2) is 23.7 Å². The Bertz CT molecular complexity index is 1130. The van der Waals surface area contributed by atoms with Crippen molar-refractivity contribution in [2.75, 3.05) is 14.2 Å². The minimum Gasteiger partial charge on any atom is -0.496 e. The lowest BCUT2D eigenvalue weighted by atomic mass is 10.1. The van der Waals surface area contributed by atoms with E-state index in [4.69, 9.17) is 9.47 Å². The fourth-order valence-electron chi connectivity index (χ4n) is 3.46. The van der Waals surface area contributed by atoms with Crippen LogP contribution in [0, 0.1) is 0 Å². The maximum Gasteiger partial charge on any atom is 0.201 e. The van der Waals surface area contributed by atoms with Crippen molar-refractivity contribution in [3.63, 3.8) is 0 Å². The lowest BCUT2D eigenvalue weighted by molar-refractivity contribution is 0.194. The second kappa shape index (κ2) is 5.11. The highest BCUT2D eigenvalue weighted by molar-refractivity contribution is 6.08. The molecule has 1 N–H and O–H groups in total. The number of hydrogen-bond acceptors (Lipinski definition) is 4. The third-order valence-electron chi connectivity index (χ3n) is 4.52. The summed E-state index contributed by atoms with van der Waals surface area (Å²) in [6.45, 7) is 1.71. The third-order valence-corrected chi connectivity index (χ3v) is 4.52. The Balaban J connectivity index is 2.42. The summed E-state index contributed by atoms with van der Waals surface area (Å²) in [5.74, 6) is 1.08. The van der Waals surface area contributed by atoms with E-state index in [1.54, 1.807) is 26.2 Å². The quantitative estimate of drug-likeness (QED) is 0.589. The topological polar surface area (TPSA) is 60.2 Å². The van der Waals surface area contributed by atoms with Gasteiger partial charge in [0.1, 0.15) is 11.5 Å². The summed E-state index contributed by atoms with van der Waals surface area (Å²) in [5.41, 5.74) is 2.10. The second-order valence-electron chi connectivity index (χ2n) is 5.85. The summed E-state index contributed by atoms with van der Waals surface area (Å²) < 4.78 is 12.9. The zero-order valence-corrected chi connectivity index (χ0v) is 13.7. The van der Waals surface area contributed by atoms with Crippen LogP contribution >= 0.6 is 0 Å². The fourth-order valence-corrected chi connectivity index (χ4v) is 3.46. The summed E-state index contributed by atoms with van der Waals surface area (Å²) in [6.07, 6.45) is -0.692. The normalized spacial score (nSPS) is 13.0. The summed E-state index contributed by atoms with van der Waals surface area (Å²) >= 11 is 0. The molecule has 0 aliphatic heterocycles. The van der Waals surface area contributed by atoms with Gasteiger partial charge in [0.25, 0.3) is 0 Å². The lowest BCUT2D eigenvalue weighted by Crippen LogP contribution is -2.10. The highest BCUT2D eigenvalue weighted by atomic mass is 16.5. The smallest absolute Gasteiger partial charge is 0.201 e. The molecule has 0 amide bonds. The van der Waals surface area contributed by atoms with Gasteiger partial charge < -0.3 is 19.0 Å². The molecule has 0 bridgehead atoms. The molecule has 1 atom stereocenters. The van der Waals surface area contributed by atoms with E-state index >= 15 is 0 Å². The summed E-state index contributed by atoms with van der Waals surface area (Å²) in [5, 5.41) is 12.1. The zero-order valence-electron chi connectivity index (χ0n) is 13.7. The molecule has 0 aliphatic rings. The number of ether oxygens (including phenoxy) is 2. The number of fused-ring (bicyclic) bond motifs is 2. The Morgan fingerprint density at radius 3 is 2.42 bits per heavy atom. The highest BCUT2D eigenvalue weighted by Crippen LogP contribution is 2.40. The zero-order chi connectivity index (χ0) is 17.0. The fraction of sp³-hybridized carbons (Fsp3) is 0.211. The number of aliphatic hydroxyl groups excluding tert-OH is 1. The Labute approximate surface area is 138 Å². The molecule has 0 saturated carbocycles. The van der Waals surface area contributed by atoms with Crippen LogP contribution in [-0.2, 0) is 0 Å². The summed E-state index contributed by atoms with van der Waals surface area (Å²) in [4.78, 5) is 13.1. The van der Waals surface area contributed by atoms with E-state index in [0.717, 1.165) is 10.9 Å². The van der Waals surface area contributed by atoms with Crippen LogP contribution in [0.15, 0.2) is 41.2 Å². The van der Waals surface area contributed by atoms with Crippen molar-refractivity contribution in [2.45, 2.75) is 13.0 Å². The van der Waals surface area contributed by atoms with Gasteiger partial charge in [-0.2, -0.15) is 0 Å². The van der Waals surface area contributed by atoms with Gasteiger partial charge in [0.05, 0.1) is 42.4 Å². The minimum atomic E-state index is -0.692. The van der Waals surface area contributed by atoms with E-state index in [9.17, 15) is 9.90 Å². The Kier molecular flexibility index (Phi) is 3.15.